The van der Waals surface area contributed by atoms with E-state index in [1.165, 1.54) is 32.4 Å². The fraction of sp³-hybridized carbons (Fsp3) is 0.294. The van der Waals surface area contributed by atoms with Gasteiger partial charge in [-0.3, -0.25) is 14.9 Å². The minimum absolute atomic E-state index is 0.0347. The number of fused-ring (bicyclic) bond motifs is 4. The van der Waals surface area contributed by atoms with Crippen LogP contribution in [-0.4, -0.2) is 48.6 Å². The SMILES string of the molecule is COC(=O)Nc1ccc2c(c1)NC(=O)C(C)CCC[C@H](N1CCC(c3c(C#N)ccc(C#N)c3F)=CC1=O)c1cc-2cc(OC)n1. The van der Waals surface area contributed by atoms with Crippen molar-refractivity contribution in [3.05, 3.63) is 76.7 Å². The zero-order valence-corrected chi connectivity index (χ0v) is 25.5. The molecule has 12 heteroatoms. The van der Waals surface area contributed by atoms with Crippen molar-refractivity contribution in [1.29, 1.82) is 10.5 Å². The number of anilines is 2. The zero-order valence-electron chi connectivity index (χ0n) is 25.5. The maximum absolute atomic E-state index is 15.2. The van der Waals surface area contributed by atoms with Gasteiger partial charge >= 0.3 is 6.09 Å². The van der Waals surface area contributed by atoms with Gasteiger partial charge in [0.05, 0.1) is 48.8 Å². The van der Waals surface area contributed by atoms with Crippen LogP contribution in [0.1, 0.15) is 61.0 Å². The smallest absolute Gasteiger partial charge is 0.411 e. The number of hydrogen-bond acceptors (Lipinski definition) is 8. The van der Waals surface area contributed by atoms with Gasteiger partial charge in [-0.25, -0.2) is 14.2 Å². The Kier molecular flexibility index (Phi) is 9.29. The first kappa shape index (κ1) is 31.7. The number of nitriles is 2. The van der Waals surface area contributed by atoms with Gasteiger partial charge in [0.2, 0.25) is 17.7 Å². The number of hydrogen-bond donors (Lipinski definition) is 2. The first-order valence-corrected chi connectivity index (χ1v) is 14.7. The number of ether oxygens (including phenoxy) is 2. The average molecular weight is 623 g/mol. The number of carbonyl (C=O) groups excluding carboxylic acids is 3. The fourth-order valence-corrected chi connectivity index (χ4v) is 5.80. The normalized spacial score (nSPS) is 18.0. The van der Waals surface area contributed by atoms with Crippen molar-refractivity contribution in [3.63, 3.8) is 0 Å². The maximum atomic E-state index is 15.2. The van der Waals surface area contributed by atoms with E-state index in [1.807, 2.05) is 19.1 Å². The Bertz CT molecular complexity index is 1840. The van der Waals surface area contributed by atoms with Crippen molar-refractivity contribution in [3.8, 4) is 29.1 Å². The molecule has 3 amide bonds. The summed E-state index contributed by atoms with van der Waals surface area (Å²) in [6, 6.07) is 14.5. The van der Waals surface area contributed by atoms with Gasteiger partial charge in [-0.15, -0.1) is 0 Å². The highest BCUT2D eigenvalue weighted by molar-refractivity contribution is 5.99. The van der Waals surface area contributed by atoms with E-state index in [4.69, 9.17) is 14.5 Å². The third-order valence-electron chi connectivity index (χ3n) is 8.24. The number of nitrogens with zero attached hydrogens (tertiary/aromatic N) is 4. The van der Waals surface area contributed by atoms with Crippen LogP contribution >= 0.6 is 0 Å². The second-order valence-electron chi connectivity index (χ2n) is 11.1. The molecule has 0 saturated carbocycles. The number of benzene rings is 2. The fourth-order valence-electron chi connectivity index (χ4n) is 5.80. The topological polar surface area (TPSA) is 157 Å². The molecule has 1 unspecified atom stereocenters. The Morgan fingerprint density at radius 2 is 1.85 bits per heavy atom. The molecule has 234 valence electrons. The van der Waals surface area contributed by atoms with Crippen LogP contribution in [-0.2, 0) is 14.3 Å². The quantitative estimate of drug-likeness (QED) is 0.362. The Balaban J connectivity index is 1.59. The Labute approximate surface area is 265 Å². The summed E-state index contributed by atoms with van der Waals surface area (Å²) in [5, 5.41) is 24.6. The summed E-state index contributed by atoms with van der Waals surface area (Å²) in [5.74, 6) is -1.48. The number of carbonyl (C=O) groups is 3. The lowest BCUT2D eigenvalue weighted by molar-refractivity contribution is -0.129. The first-order chi connectivity index (χ1) is 22.2. The molecule has 0 spiro atoms. The highest BCUT2D eigenvalue weighted by atomic mass is 19.1. The van der Waals surface area contributed by atoms with E-state index in [0.717, 1.165) is 0 Å². The summed E-state index contributed by atoms with van der Waals surface area (Å²) in [5.41, 5.74) is 2.89. The van der Waals surface area contributed by atoms with Crippen LogP contribution in [0.25, 0.3) is 16.7 Å². The van der Waals surface area contributed by atoms with Gasteiger partial charge in [-0.1, -0.05) is 19.4 Å². The van der Waals surface area contributed by atoms with Gasteiger partial charge in [0, 0.05) is 41.4 Å². The highest BCUT2D eigenvalue weighted by Gasteiger charge is 2.32. The highest BCUT2D eigenvalue weighted by Crippen LogP contribution is 2.39. The van der Waals surface area contributed by atoms with E-state index in [-0.39, 0.29) is 47.4 Å². The molecule has 2 aromatic carbocycles. The van der Waals surface area contributed by atoms with Crippen molar-refractivity contribution >= 4 is 34.9 Å². The third-order valence-corrected chi connectivity index (χ3v) is 8.24. The molecule has 2 N–H and O–H groups in total. The molecule has 3 heterocycles. The second-order valence-corrected chi connectivity index (χ2v) is 11.1. The second kappa shape index (κ2) is 13.5. The van der Waals surface area contributed by atoms with Crippen molar-refractivity contribution in [1.82, 2.24) is 9.88 Å². The minimum atomic E-state index is -0.824. The molecule has 1 aromatic heterocycles. The summed E-state index contributed by atoms with van der Waals surface area (Å²) in [4.78, 5) is 45.2. The predicted octanol–water partition coefficient (Wildman–Crippen LogP) is 5.93. The molecule has 2 aliphatic heterocycles. The van der Waals surface area contributed by atoms with Crippen molar-refractivity contribution in [2.24, 2.45) is 5.92 Å². The molecule has 2 atom stereocenters. The Hall–Kier alpha value is -5.75. The lowest BCUT2D eigenvalue weighted by atomic mass is 9.90. The van der Waals surface area contributed by atoms with Crippen LogP contribution in [0, 0.1) is 34.4 Å². The molecular weight excluding hydrogens is 591 g/mol. The van der Waals surface area contributed by atoms with Gasteiger partial charge in [0.1, 0.15) is 11.9 Å². The number of nitrogens with one attached hydrogen (secondary N) is 2. The number of aromatic nitrogens is 1. The number of amides is 3. The van der Waals surface area contributed by atoms with E-state index in [9.17, 15) is 24.9 Å². The first-order valence-electron chi connectivity index (χ1n) is 14.7. The number of methoxy groups -OCH3 is 2. The molecule has 11 nitrogen and oxygen atoms in total. The Morgan fingerprint density at radius 3 is 2.54 bits per heavy atom. The predicted molar refractivity (Wildman–Crippen MR) is 167 cm³/mol. The lowest BCUT2D eigenvalue weighted by Crippen LogP contribution is -2.38. The van der Waals surface area contributed by atoms with E-state index < -0.39 is 18.0 Å². The van der Waals surface area contributed by atoms with Crippen molar-refractivity contribution in [2.45, 2.75) is 38.6 Å². The van der Waals surface area contributed by atoms with Gasteiger partial charge in [0.15, 0.2) is 0 Å². The Morgan fingerprint density at radius 1 is 1.09 bits per heavy atom. The van der Waals surface area contributed by atoms with Crippen LogP contribution in [0.15, 0.2) is 48.5 Å². The monoisotopic (exact) mass is 622 g/mol. The summed E-state index contributed by atoms with van der Waals surface area (Å²) in [6.07, 6.45) is 2.51. The van der Waals surface area contributed by atoms with Crippen LogP contribution in [0.2, 0.25) is 0 Å². The van der Waals surface area contributed by atoms with E-state index in [1.54, 1.807) is 35.2 Å². The van der Waals surface area contributed by atoms with E-state index in [0.29, 0.717) is 58.9 Å². The minimum Gasteiger partial charge on any atom is -0.481 e. The molecule has 0 saturated heterocycles. The number of halogens is 1. The van der Waals surface area contributed by atoms with Gasteiger partial charge in [0.25, 0.3) is 0 Å². The van der Waals surface area contributed by atoms with Crippen LogP contribution in [0.5, 0.6) is 5.88 Å². The number of pyridine rings is 1. The molecule has 46 heavy (non-hydrogen) atoms. The largest absolute Gasteiger partial charge is 0.481 e. The molecule has 5 rings (SSSR count). The lowest BCUT2D eigenvalue weighted by Gasteiger charge is -2.35. The standard InChI is InChI=1S/C34H31FN6O5/c1-19-5-4-6-28(41-12-11-20(15-30(41)42)31-21(17-36)7-8-22(18-37)32(31)35)27-13-23(14-29(39-27)45-2)25-10-9-24(38-34(44)46-3)16-26(25)40-33(19)43/h7-10,13-16,19,28H,4-6,11-12H2,1-3H3,(H,38,44)(H,40,43)/t19?,28-/m0/s1. The summed E-state index contributed by atoms with van der Waals surface area (Å²) in [7, 11) is 2.74. The van der Waals surface area contributed by atoms with Crippen LogP contribution in [0.4, 0.5) is 20.6 Å². The third kappa shape index (κ3) is 6.37. The van der Waals surface area contributed by atoms with Crippen molar-refractivity contribution < 1.29 is 28.2 Å². The molecule has 2 bridgehead atoms. The van der Waals surface area contributed by atoms with Crippen LogP contribution < -0.4 is 15.4 Å². The van der Waals surface area contributed by atoms with Gasteiger partial charge in [-0.05, 0) is 60.7 Å². The summed E-state index contributed by atoms with van der Waals surface area (Å²) < 4.78 is 25.5. The molecule has 3 aromatic rings. The van der Waals surface area contributed by atoms with E-state index in [2.05, 4.69) is 10.6 Å². The molecule has 0 radical (unpaired) electrons. The zero-order chi connectivity index (χ0) is 33.0. The molecule has 0 fully saturated rings. The van der Waals surface area contributed by atoms with E-state index >= 15 is 4.39 Å². The maximum Gasteiger partial charge on any atom is 0.411 e. The molecular formula is C34H31FN6O5. The number of rotatable bonds is 4. The average Bonchev–Trinajstić information content (AvgIpc) is 3.06. The molecule has 0 aliphatic carbocycles. The summed E-state index contributed by atoms with van der Waals surface area (Å²) in [6.45, 7) is 2.03. The van der Waals surface area contributed by atoms with Gasteiger partial charge in [-0.2, -0.15) is 10.5 Å². The van der Waals surface area contributed by atoms with Crippen LogP contribution in [0.3, 0.4) is 0 Å². The van der Waals surface area contributed by atoms with Crippen molar-refractivity contribution in [2.75, 3.05) is 31.4 Å². The van der Waals surface area contributed by atoms with Gasteiger partial charge < -0.3 is 19.7 Å². The summed E-state index contributed by atoms with van der Waals surface area (Å²) >= 11 is 0. The molecule has 2 aliphatic rings.